The Morgan fingerprint density at radius 2 is 1.28 bits per heavy atom. The number of aryl methyl sites for hydroxylation is 1. The molecule has 2 rings (SSSR count). The molecule has 0 unspecified atom stereocenters. The smallest absolute Gasteiger partial charge is 0.219 e. The molecule has 0 aliphatic carbocycles. The van der Waals surface area contributed by atoms with Crippen molar-refractivity contribution in [2.24, 2.45) is 0 Å². The Morgan fingerprint density at radius 1 is 0.800 bits per heavy atom. The molecule has 0 saturated carbocycles. The van der Waals surface area contributed by atoms with E-state index in [9.17, 15) is 9.59 Å². The molecule has 128 valence electrons. The third-order valence-corrected chi connectivity index (χ3v) is 5.55. The van der Waals surface area contributed by atoms with E-state index in [1.165, 1.54) is 23.5 Å². The average molecular weight is 369 g/mol. The lowest BCUT2D eigenvalue weighted by Gasteiger charge is -2.09. The van der Waals surface area contributed by atoms with Gasteiger partial charge in [0.05, 0.1) is 0 Å². The van der Waals surface area contributed by atoms with Crippen molar-refractivity contribution in [3.8, 4) is 11.1 Å². The van der Waals surface area contributed by atoms with E-state index >= 15 is 0 Å². The van der Waals surface area contributed by atoms with Crippen LogP contribution in [-0.4, -0.2) is 10.2 Å². The van der Waals surface area contributed by atoms with Crippen molar-refractivity contribution in [2.75, 3.05) is 0 Å². The predicted molar refractivity (Wildman–Crippen MR) is 108 cm³/mol. The highest BCUT2D eigenvalue weighted by atomic mass is 32.2. The van der Waals surface area contributed by atoms with Crippen molar-refractivity contribution in [1.82, 2.24) is 0 Å². The molecule has 0 bridgehead atoms. The van der Waals surface area contributed by atoms with Crippen molar-refractivity contribution in [3.63, 3.8) is 0 Å². The van der Waals surface area contributed by atoms with Crippen LogP contribution in [-0.2, 0) is 9.59 Å². The number of rotatable bonds is 5. The van der Waals surface area contributed by atoms with E-state index in [0.29, 0.717) is 11.1 Å². The molecule has 0 fully saturated rings. The van der Waals surface area contributed by atoms with E-state index in [0.717, 1.165) is 26.5 Å². The minimum atomic E-state index is -0.0208. The van der Waals surface area contributed by atoms with Crippen LogP contribution in [0, 0.1) is 6.92 Å². The lowest BCUT2D eigenvalue weighted by Crippen LogP contribution is -1.92. The highest BCUT2D eigenvalue weighted by Crippen LogP contribution is 2.31. The fourth-order valence-electron chi connectivity index (χ4n) is 2.11. The van der Waals surface area contributed by atoms with Crippen LogP contribution in [0.25, 0.3) is 11.1 Å². The normalized spacial score (nSPS) is 10.4. The number of hydrogen-bond acceptors (Lipinski definition) is 4. The van der Waals surface area contributed by atoms with E-state index < -0.39 is 0 Å². The van der Waals surface area contributed by atoms with Gasteiger partial charge in [-0.05, 0) is 96.4 Å². The molecule has 0 spiro atoms. The summed E-state index contributed by atoms with van der Waals surface area (Å²) < 4.78 is 0. The lowest BCUT2D eigenvalue weighted by molar-refractivity contribution is -0.108. The van der Waals surface area contributed by atoms with Gasteiger partial charge in [0.1, 0.15) is 0 Å². The lowest BCUT2D eigenvalue weighted by atomic mass is 10.0. The summed E-state index contributed by atoms with van der Waals surface area (Å²) >= 11 is 2.38. The van der Waals surface area contributed by atoms with E-state index in [2.05, 4.69) is 13.2 Å². The maximum Gasteiger partial charge on any atom is 0.219 e. The van der Waals surface area contributed by atoms with Crippen molar-refractivity contribution in [1.29, 1.82) is 0 Å². The zero-order valence-electron chi connectivity index (χ0n) is 14.6. The van der Waals surface area contributed by atoms with Crippen LogP contribution in [0.2, 0.25) is 0 Å². The number of hydrogen-bond donors (Lipinski definition) is 0. The summed E-state index contributed by atoms with van der Waals surface area (Å²) in [5.41, 5.74) is 4.37. The third kappa shape index (κ3) is 5.21. The Bertz CT molecular complexity index is 849. The SMILES string of the molecule is C=C(C)C(=O)Sc1ccc(-c2ccc(SC(=O)C(=C)C)cc2C)cc1. The van der Waals surface area contributed by atoms with Crippen LogP contribution < -0.4 is 0 Å². The number of thioether (sulfide) groups is 2. The zero-order chi connectivity index (χ0) is 18.6. The molecule has 25 heavy (non-hydrogen) atoms. The van der Waals surface area contributed by atoms with E-state index in [4.69, 9.17) is 0 Å². The van der Waals surface area contributed by atoms with Crippen LogP contribution >= 0.6 is 23.5 Å². The molecule has 2 aromatic rings. The highest BCUT2D eigenvalue weighted by molar-refractivity contribution is 8.14. The Hall–Kier alpha value is -2.04. The van der Waals surface area contributed by atoms with Gasteiger partial charge in [0.2, 0.25) is 10.2 Å². The molecule has 0 atom stereocenters. The molecule has 0 aromatic heterocycles. The molecule has 0 aliphatic rings. The summed E-state index contributed by atoms with van der Waals surface area (Å²) in [7, 11) is 0. The van der Waals surface area contributed by atoms with Gasteiger partial charge in [0.25, 0.3) is 0 Å². The highest BCUT2D eigenvalue weighted by Gasteiger charge is 2.09. The topological polar surface area (TPSA) is 34.1 Å². The van der Waals surface area contributed by atoms with Crippen molar-refractivity contribution in [2.45, 2.75) is 30.6 Å². The molecule has 0 aliphatic heterocycles. The zero-order valence-corrected chi connectivity index (χ0v) is 16.2. The Kier molecular flexibility index (Phi) is 6.45. The minimum absolute atomic E-state index is 0.0179. The number of benzene rings is 2. The standard InChI is InChI=1S/C21H20O2S2/c1-13(2)20(22)24-17-8-6-16(7-9-17)19-11-10-18(12-15(19)5)25-21(23)14(3)4/h6-12H,1,3H2,2,4-5H3. The number of carbonyl (C=O) groups is 2. The Balaban J connectivity index is 2.18. The van der Waals surface area contributed by atoms with Gasteiger partial charge >= 0.3 is 0 Å². The van der Waals surface area contributed by atoms with Gasteiger partial charge in [-0.2, -0.15) is 0 Å². The maximum atomic E-state index is 11.8. The van der Waals surface area contributed by atoms with E-state index in [-0.39, 0.29) is 10.2 Å². The fraction of sp³-hybridized carbons (Fsp3) is 0.143. The van der Waals surface area contributed by atoms with Crippen LogP contribution in [0.5, 0.6) is 0 Å². The van der Waals surface area contributed by atoms with Crippen LogP contribution in [0.4, 0.5) is 0 Å². The van der Waals surface area contributed by atoms with Crippen molar-refractivity contribution < 1.29 is 9.59 Å². The molecule has 0 saturated heterocycles. The molecule has 0 amide bonds. The van der Waals surface area contributed by atoms with Crippen molar-refractivity contribution >= 4 is 33.8 Å². The summed E-state index contributed by atoms with van der Waals surface area (Å²) in [6.07, 6.45) is 0. The first-order valence-corrected chi connectivity index (χ1v) is 9.37. The summed E-state index contributed by atoms with van der Waals surface area (Å²) in [6, 6.07) is 13.9. The molecule has 0 N–H and O–H groups in total. The summed E-state index contributed by atoms with van der Waals surface area (Å²) in [4.78, 5) is 25.3. The van der Waals surface area contributed by atoms with Gasteiger partial charge in [-0.15, -0.1) is 0 Å². The first-order chi connectivity index (χ1) is 11.8. The summed E-state index contributed by atoms with van der Waals surface area (Å²) in [5.74, 6) is 0. The first kappa shape index (κ1) is 19.3. The molecule has 2 aromatic carbocycles. The van der Waals surface area contributed by atoms with Gasteiger partial charge in [-0.1, -0.05) is 31.4 Å². The monoisotopic (exact) mass is 368 g/mol. The van der Waals surface area contributed by atoms with Gasteiger partial charge in [-0.3, -0.25) is 9.59 Å². The van der Waals surface area contributed by atoms with Gasteiger partial charge < -0.3 is 0 Å². The van der Waals surface area contributed by atoms with Gasteiger partial charge in [-0.25, -0.2) is 0 Å². The molecular weight excluding hydrogens is 348 g/mol. The van der Waals surface area contributed by atoms with Crippen LogP contribution in [0.3, 0.4) is 0 Å². The number of carbonyl (C=O) groups excluding carboxylic acids is 2. The second-order valence-corrected chi connectivity index (χ2v) is 7.93. The first-order valence-electron chi connectivity index (χ1n) is 7.74. The fourth-order valence-corrected chi connectivity index (χ4v) is 3.53. The van der Waals surface area contributed by atoms with Crippen LogP contribution in [0.1, 0.15) is 19.4 Å². The second kappa shape index (κ2) is 8.37. The third-order valence-electron chi connectivity index (χ3n) is 3.48. The molecular formula is C21H20O2S2. The van der Waals surface area contributed by atoms with Crippen molar-refractivity contribution in [3.05, 3.63) is 72.3 Å². The second-order valence-electron chi connectivity index (χ2n) is 5.84. The predicted octanol–water partition coefficient (Wildman–Crippen LogP) is 6.05. The summed E-state index contributed by atoms with van der Waals surface area (Å²) in [6.45, 7) is 12.8. The molecule has 4 heteroatoms. The Morgan fingerprint density at radius 3 is 1.76 bits per heavy atom. The van der Waals surface area contributed by atoms with E-state index in [1.807, 2.05) is 49.4 Å². The Labute approximate surface area is 157 Å². The summed E-state index contributed by atoms with van der Waals surface area (Å²) in [5, 5.41) is -0.0387. The molecule has 0 radical (unpaired) electrons. The molecule has 0 heterocycles. The van der Waals surface area contributed by atoms with Crippen LogP contribution in [0.15, 0.2) is 76.6 Å². The molecule has 2 nitrogen and oxygen atoms in total. The maximum absolute atomic E-state index is 11.8. The quantitative estimate of drug-likeness (QED) is 0.475. The minimum Gasteiger partial charge on any atom is -0.282 e. The average Bonchev–Trinajstić information content (AvgIpc) is 2.55. The van der Waals surface area contributed by atoms with Gasteiger partial charge in [0, 0.05) is 9.79 Å². The van der Waals surface area contributed by atoms with E-state index in [1.54, 1.807) is 13.8 Å². The largest absolute Gasteiger partial charge is 0.282 e. The van der Waals surface area contributed by atoms with Gasteiger partial charge in [0.15, 0.2) is 0 Å².